The third kappa shape index (κ3) is 8.44. The van der Waals surface area contributed by atoms with Crippen LogP contribution in [0.4, 0.5) is 0 Å². The van der Waals surface area contributed by atoms with E-state index in [0.717, 1.165) is 6.26 Å². The van der Waals surface area contributed by atoms with Crippen LogP contribution in [-0.4, -0.2) is 181 Å². The lowest BCUT2D eigenvalue weighted by atomic mass is 9.77. The predicted molar refractivity (Wildman–Crippen MR) is 177 cm³/mol. The van der Waals surface area contributed by atoms with Crippen molar-refractivity contribution in [1.82, 2.24) is 0 Å². The molecule has 4 saturated heterocycles. The van der Waals surface area contributed by atoms with Gasteiger partial charge in [0.2, 0.25) is 12.6 Å². The molecule has 20 atom stereocenters. The van der Waals surface area contributed by atoms with Crippen LogP contribution < -0.4 is 0 Å². The minimum absolute atomic E-state index is 0.00989. The molecule has 0 aromatic heterocycles. The first kappa shape index (κ1) is 43.0. The van der Waals surface area contributed by atoms with Gasteiger partial charge in [-0.05, 0) is 13.8 Å². The number of aliphatic hydroxyl groups is 7. The van der Waals surface area contributed by atoms with Crippen molar-refractivity contribution in [2.45, 2.75) is 125 Å². The summed E-state index contributed by atoms with van der Waals surface area (Å²) in [6.07, 6.45) is -18.5. The highest BCUT2D eigenvalue weighted by atomic mass is 16.8. The van der Waals surface area contributed by atoms with Gasteiger partial charge in [-0.15, -0.1) is 0 Å². The molecule has 0 bridgehead atoms. The van der Waals surface area contributed by atoms with Crippen molar-refractivity contribution < 1.29 is 102 Å². The topological polar surface area (TPSA) is 287 Å². The van der Waals surface area contributed by atoms with Gasteiger partial charge < -0.3 is 92.6 Å². The van der Waals surface area contributed by atoms with E-state index >= 15 is 0 Å². The molecule has 0 spiro atoms. The van der Waals surface area contributed by atoms with E-state index in [1.54, 1.807) is 13.8 Å². The molecule has 21 nitrogen and oxygen atoms in total. The van der Waals surface area contributed by atoms with Crippen molar-refractivity contribution >= 4 is 11.9 Å². The van der Waals surface area contributed by atoms with E-state index in [4.69, 9.17) is 56.8 Å². The summed E-state index contributed by atoms with van der Waals surface area (Å²) >= 11 is 0. The Labute approximate surface area is 321 Å². The predicted octanol–water partition coefficient (Wildman–Crippen LogP) is -3.15. The molecule has 56 heavy (non-hydrogen) atoms. The number of carbonyl (C=O) groups excluding carboxylic acids is 2. The number of hydrogen-bond acceptors (Lipinski definition) is 21. The van der Waals surface area contributed by atoms with Crippen LogP contribution in [0.25, 0.3) is 0 Å². The van der Waals surface area contributed by atoms with Crippen LogP contribution in [-0.2, 0) is 66.4 Å². The van der Waals surface area contributed by atoms with E-state index in [9.17, 15) is 45.3 Å². The first-order chi connectivity index (χ1) is 26.7. The van der Waals surface area contributed by atoms with Gasteiger partial charge in [0.15, 0.2) is 25.2 Å². The van der Waals surface area contributed by atoms with Gasteiger partial charge in [0.25, 0.3) is 0 Å². The van der Waals surface area contributed by atoms with Gasteiger partial charge in [-0.2, -0.15) is 0 Å². The van der Waals surface area contributed by atoms with Gasteiger partial charge in [-0.1, -0.05) is 0 Å². The normalized spacial score (nSPS) is 46.5. The van der Waals surface area contributed by atoms with Crippen molar-refractivity contribution in [2.24, 2.45) is 23.7 Å². The standard InChI is InChI=1S/C35H52O21/c1-12-22-14(6-20(45-3)51-12)16(30(43)46-4)9-49-32(22)56-35-29(42)27(40)25(38)19(54-35)11-48-21-7-15-17(31(44)47-5)10-50-33(23(15)13(2)52-21)55-34-28(41)26(39)24(37)18(8-36)53-34/h9-10,12-15,18-29,32-42H,6-8,11H2,1-5H3/t12-,13-,14+,15+,18+,19+,20-,21+,22+,23+,24+,25+,26-,27-,28+,29+,32-,33-,34-,35-/m0/s1. The number of esters is 2. The van der Waals surface area contributed by atoms with E-state index in [2.05, 4.69) is 0 Å². The number of rotatable bonds is 11. The average molecular weight is 809 g/mol. The van der Waals surface area contributed by atoms with Crippen molar-refractivity contribution in [3.8, 4) is 0 Å². The Bertz CT molecular complexity index is 1430. The molecule has 0 aromatic rings. The van der Waals surface area contributed by atoms with E-state index in [1.165, 1.54) is 27.6 Å². The van der Waals surface area contributed by atoms with Crippen LogP contribution in [0, 0.1) is 23.7 Å². The summed E-state index contributed by atoms with van der Waals surface area (Å²) in [5.74, 6) is -3.85. The molecule has 0 radical (unpaired) electrons. The third-order valence-electron chi connectivity index (χ3n) is 11.3. The average Bonchev–Trinajstić information content (AvgIpc) is 3.19. The fourth-order valence-electron chi connectivity index (χ4n) is 8.23. The van der Waals surface area contributed by atoms with Crippen LogP contribution in [0.1, 0.15) is 26.7 Å². The lowest BCUT2D eigenvalue weighted by molar-refractivity contribution is -0.362. The molecular formula is C35H52O21. The molecule has 6 aliphatic heterocycles. The molecule has 0 saturated carbocycles. The van der Waals surface area contributed by atoms with Gasteiger partial charge in [0.05, 0.1) is 75.1 Å². The molecule has 318 valence electrons. The zero-order valence-corrected chi connectivity index (χ0v) is 31.4. The summed E-state index contributed by atoms with van der Waals surface area (Å²) in [5.41, 5.74) is 0.357. The maximum atomic E-state index is 12.9. The monoisotopic (exact) mass is 808 g/mol. The molecule has 6 aliphatic rings. The lowest BCUT2D eigenvalue weighted by Gasteiger charge is -2.48. The van der Waals surface area contributed by atoms with Crippen molar-refractivity contribution in [2.75, 3.05) is 34.5 Å². The Morgan fingerprint density at radius 1 is 0.625 bits per heavy atom. The van der Waals surface area contributed by atoms with Gasteiger partial charge in [-0.25, -0.2) is 9.59 Å². The molecule has 0 aliphatic carbocycles. The largest absolute Gasteiger partial charge is 0.471 e. The summed E-state index contributed by atoms with van der Waals surface area (Å²) in [5, 5.41) is 73.3. The second-order valence-electron chi connectivity index (χ2n) is 14.6. The minimum atomic E-state index is -1.75. The zero-order valence-electron chi connectivity index (χ0n) is 31.4. The highest BCUT2D eigenvalue weighted by Gasteiger charge is 2.54. The van der Waals surface area contributed by atoms with E-state index < -0.39 is 148 Å². The maximum absolute atomic E-state index is 12.9. The first-order valence-corrected chi connectivity index (χ1v) is 18.4. The number of carbonyl (C=O) groups is 2. The van der Waals surface area contributed by atoms with Gasteiger partial charge in [0.1, 0.15) is 48.8 Å². The molecule has 4 fully saturated rings. The highest BCUT2D eigenvalue weighted by molar-refractivity contribution is 5.89. The Morgan fingerprint density at radius 2 is 1.07 bits per heavy atom. The fourth-order valence-corrected chi connectivity index (χ4v) is 8.23. The van der Waals surface area contributed by atoms with E-state index in [-0.39, 0.29) is 24.0 Å². The summed E-state index contributed by atoms with van der Waals surface area (Å²) in [6.45, 7) is 2.33. The number of methoxy groups -OCH3 is 3. The number of fused-ring (bicyclic) bond motifs is 2. The summed E-state index contributed by atoms with van der Waals surface area (Å²) < 4.78 is 68.4. The van der Waals surface area contributed by atoms with Crippen LogP contribution in [0.5, 0.6) is 0 Å². The summed E-state index contributed by atoms with van der Waals surface area (Å²) in [7, 11) is 3.91. The van der Waals surface area contributed by atoms with Crippen LogP contribution in [0.3, 0.4) is 0 Å². The van der Waals surface area contributed by atoms with Crippen LogP contribution in [0.15, 0.2) is 23.7 Å². The Morgan fingerprint density at radius 3 is 1.54 bits per heavy atom. The smallest absolute Gasteiger partial charge is 0.337 e. The van der Waals surface area contributed by atoms with Crippen molar-refractivity contribution in [3.63, 3.8) is 0 Å². The Hall–Kier alpha value is -2.58. The zero-order chi connectivity index (χ0) is 40.6. The first-order valence-electron chi connectivity index (χ1n) is 18.4. The number of hydrogen-bond donors (Lipinski definition) is 7. The molecular weight excluding hydrogens is 756 g/mol. The lowest BCUT2D eigenvalue weighted by Crippen LogP contribution is -2.61. The second-order valence-corrected chi connectivity index (χ2v) is 14.6. The quantitative estimate of drug-likeness (QED) is 0.102. The van der Waals surface area contributed by atoms with Crippen LogP contribution >= 0.6 is 0 Å². The van der Waals surface area contributed by atoms with E-state index in [0.29, 0.717) is 0 Å². The van der Waals surface area contributed by atoms with Crippen molar-refractivity contribution in [3.05, 3.63) is 23.7 Å². The molecule has 7 N–H and O–H groups in total. The number of ether oxygens (including phenoxy) is 12. The molecule has 6 rings (SSSR count). The Kier molecular flexibility index (Phi) is 13.9. The molecule has 0 amide bonds. The van der Waals surface area contributed by atoms with E-state index in [1.807, 2.05) is 0 Å². The number of aliphatic hydroxyl groups excluding tert-OH is 7. The molecule has 0 aromatic carbocycles. The summed E-state index contributed by atoms with van der Waals surface area (Å²) in [6, 6.07) is 0. The van der Waals surface area contributed by atoms with Gasteiger partial charge >= 0.3 is 11.9 Å². The maximum Gasteiger partial charge on any atom is 0.337 e. The molecule has 0 unspecified atom stereocenters. The second kappa shape index (κ2) is 18.1. The van der Waals surface area contributed by atoms with Gasteiger partial charge in [-0.3, -0.25) is 0 Å². The van der Waals surface area contributed by atoms with Crippen molar-refractivity contribution in [1.29, 1.82) is 0 Å². The fraction of sp³-hybridized carbons (Fsp3) is 0.829. The van der Waals surface area contributed by atoms with Crippen LogP contribution in [0.2, 0.25) is 0 Å². The highest BCUT2D eigenvalue weighted by Crippen LogP contribution is 2.45. The van der Waals surface area contributed by atoms with Gasteiger partial charge in [0, 0.05) is 31.8 Å². The molecule has 21 heteroatoms. The third-order valence-corrected chi connectivity index (χ3v) is 11.3. The Balaban J connectivity index is 1.13. The molecule has 6 heterocycles. The SMILES string of the molecule is COC(=O)C1=CO[C@@H](O[C@@H]2O[C@H](CO)[C@@H](O)[C@H](O)[C@H]2O)[C@@H]2[C@H](C)O[C@@H](OC[C@H]3O[C@@H](O[C@@H]4OC=C(C(=O)OC)[C@H]5C[C@@H](OC)O[C@@H](C)[C@@H]45)[C@H](O)[C@@H](O)[C@@H]3O)C[C@H]12. The summed E-state index contributed by atoms with van der Waals surface area (Å²) in [4.78, 5) is 25.4. The minimum Gasteiger partial charge on any atom is -0.471 e.